The maximum Gasteiger partial charge on any atom is 0.273 e. The summed E-state index contributed by atoms with van der Waals surface area (Å²) in [7, 11) is 0. The first-order valence-corrected chi connectivity index (χ1v) is 5.88. The molecule has 0 radical (unpaired) electrons. The molecule has 2 rings (SSSR count). The molecule has 0 saturated carbocycles. The fourth-order valence-electron chi connectivity index (χ4n) is 1.08. The Morgan fingerprint density at radius 2 is 2.25 bits per heavy atom. The number of carbonyl (C=O) groups excluding carboxylic acids is 1. The van der Waals surface area contributed by atoms with Gasteiger partial charge in [0.25, 0.3) is 5.91 Å². The van der Waals surface area contributed by atoms with Gasteiger partial charge in [0.1, 0.15) is 14.9 Å². The third-order valence-corrected chi connectivity index (χ3v) is 2.71. The van der Waals surface area contributed by atoms with E-state index in [1.807, 2.05) is 0 Å². The lowest BCUT2D eigenvalue weighted by Gasteiger charge is -2.04. The van der Waals surface area contributed by atoms with E-state index in [2.05, 4.69) is 52.1 Å². The SMILES string of the molecule is O=C(Nc1ncc(Br)nc1Br)c1ccc[nH]1. The lowest BCUT2D eigenvalue weighted by molar-refractivity contribution is 0.102. The molecule has 0 bridgehead atoms. The van der Waals surface area contributed by atoms with E-state index in [0.717, 1.165) is 0 Å². The predicted octanol–water partition coefficient (Wildman–Crippen LogP) is 2.58. The van der Waals surface area contributed by atoms with Gasteiger partial charge in [0.05, 0.1) is 6.20 Å². The number of aromatic nitrogens is 3. The van der Waals surface area contributed by atoms with E-state index in [0.29, 0.717) is 20.7 Å². The first kappa shape index (κ1) is 11.3. The van der Waals surface area contributed by atoms with Crippen LogP contribution < -0.4 is 5.32 Å². The molecular formula is C9H6Br2N4O. The van der Waals surface area contributed by atoms with Gasteiger partial charge >= 0.3 is 0 Å². The Morgan fingerprint density at radius 3 is 2.88 bits per heavy atom. The smallest absolute Gasteiger partial charge is 0.273 e. The number of nitrogens with zero attached hydrogens (tertiary/aromatic N) is 2. The van der Waals surface area contributed by atoms with E-state index in [1.54, 1.807) is 18.3 Å². The molecule has 0 aromatic carbocycles. The van der Waals surface area contributed by atoms with Crippen LogP contribution in [0.2, 0.25) is 0 Å². The molecule has 0 unspecified atom stereocenters. The number of anilines is 1. The molecule has 7 heteroatoms. The number of rotatable bonds is 2. The van der Waals surface area contributed by atoms with Crippen molar-refractivity contribution >= 4 is 43.6 Å². The van der Waals surface area contributed by atoms with Gasteiger partial charge in [-0.3, -0.25) is 4.79 Å². The summed E-state index contributed by atoms with van der Waals surface area (Å²) in [6.45, 7) is 0. The zero-order chi connectivity index (χ0) is 11.5. The third kappa shape index (κ3) is 2.48. The Bertz CT molecular complexity index is 512. The number of amides is 1. The van der Waals surface area contributed by atoms with E-state index in [-0.39, 0.29) is 5.91 Å². The first-order chi connectivity index (χ1) is 7.66. The normalized spacial score (nSPS) is 10.1. The molecule has 2 aromatic rings. The van der Waals surface area contributed by atoms with E-state index >= 15 is 0 Å². The minimum Gasteiger partial charge on any atom is -0.357 e. The van der Waals surface area contributed by atoms with E-state index in [9.17, 15) is 4.79 Å². The molecule has 2 heterocycles. The van der Waals surface area contributed by atoms with Gasteiger partial charge < -0.3 is 10.3 Å². The van der Waals surface area contributed by atoms with E-state index in [1.165, 1.54) is 6.20 Å². The summed E-state index contributed by atoms with van der Waals surface area (Å²) < 4.78 is 1.07. The fourth-order valence-corrected chi connectivity index (χ4v) is 1.99. The Labute approximate surface area is 108 Å². The van der Waals surface area contributed by atoms with Gasteiger partial charge in [0.15, 0.2) is 5.82 Å². The molecule has 0 saturated heterocycles. The van der Waals surface area contributed by atoms with Gasteiger partial charge in [-0.05, 0) is 44.0 Å². The summed E-state index contributed by atoms with van der Waals surface area (Å²) in [5, 5.41) is 2.63. The Morgan fingerprint density at radius 1 is 1.44 bits per heavy atom. The van der Waals surface area contributed by atoms with Gasteiger partial charge in [0.2, 0.25) is 0 Å². The molecule has 0 atom stereocenters. The highest BCUT2D eigenvalue weighted by atomic mass is 79.9. The number of nitrogens with one attached hydrogen (secondary N) is 2. The van der Waals surface area contributed by atoms with E-state index < -0.39 is 0 Å². The molecule has 5 nitrogen and oxygen atoms in total. The molecule has 0 aliphatic carbocycles. The molecule has 2 N–H and O–H groups in total. The van der Waals surface area contributed by atoms with Crippen molar-refractivity contribution in [3.63, 3.8) is 0 Å². The van der Waals surface area contributed by atoms with Crippen LogP contribution in [0.5, 0.6) is 0 Å². The minimum atomic E-state index is -0.262. The number of hydrogen-bond donors (Lipinski definition) is 2. The first-order valence-electron chi connectivity index (χ1n) is 4.29. The van der Waals surface area contributed by atoms with Crippen molar-refractivity contribution in [2.24, 2.45) is 0 Å². The van der Waals surface area contributed by atoms with Crippen LogP contribution in [-0.4, -0.2) is 20.9 Å². The molecule has 1 amide bonds. The maximum atomic E-state index is 11.7. The lowest BCUT2D eigenvalue weighted by atomic mass is 10.4. The van der Waals surface area contributed by atoms with Crippen molar-refractivity contribution in [1.82, 2.24) is 15.0 Å². The summed E-state index contributed by atoms with van der Waals surface area (Å²) in [6, 6.07) is 3.42. The highest BCUT2D eigenvalue weighted by Crippen LogP contribution is 2.19. The Balaban J connectivity index is 2.18. The Hall–Kier alpha value is -1.21. The number of aromatic amines is 1. The molecular weight excluding hydrogens is 340 g/mol. The van der Waals surface area contributed by atoms with Crippen molar-refractivity contribution in [3.05, 3.63) is 39.4 Å². The second kappa shape index (κ2) is 4.75. The van der Waals surface area contributed by atoms with Crippen LogP contribution in [0.3, 0.4) is 0 Å². The zero-order valence-corrected chi connectivity index (χ0v) is 11.0. The standard InChI is InChI=1S/C9H6Br2N4O/c10-6-4-13-8(7(11)14-6)15-9(16)5-2-1-3-12-5/h1-4,12H,(H,13,15,16). The summed E-state index contributed by atoms with van der Waals surface area (Å²) >= 11 is 6.39. The monoisotopic (exact) mass is 344 g/mol. The maximum absolute atomic E-state index is 11.7. The van der Waals surface area contributed by atoms with Gasteiger partial charge in [-0.1, -0.05) is 0 Å². The summed E-state index contributed by atoms with van der Waals surface area (Å²) in [5.41, 5.74) is 0.469. The Kier molecular flexibility index (Phi) is 3.35. The zero-order valence-electron chi connectivity index (χ0n) is 7.87. The largest absolute Gasteiger partial charge is 0.357 e. The van der Waals surface area contributed by atoms with Crippen LogP contribution in [-0.2, 0) is 0 Å². The highest BCUT2D eigenvalue weighted by Gasteiger charge is 2.10. The van der Waals surface area contributed by atoms with Crippen molar-refractivity contribution in [1.29, 1.82) is 0 Å². The van der Waals surface area contributed by atoms with Crippen molar-refractivity contribution in [3.8, 4) is 0 Å². The third-order valence-electron chi connectivity index (χ3n) is 1.78. The van der Waals surface area contributed by atoms with Crippen molar-refractivity contribution < 1.29 is 4.79 Å². The van der Waals surface area contributed by atoms with Crippen LogP contribution >= 0.6 is 31.9 Å². The molecule has 82 valence electrons. The summed E-state index contributed by atoms with van der Waals surface area (Å²) in [6.07, 6.45) is 3.19. The number of halogens is 2. The van der Waals surface area contributed by atoms with Crippen molar-refractivity contribution in [2.75, 3.05) is 5.32 Å². The minimum absolute atomic E-state index is 0.262. The molecule has 0 fully saturated rings. The molecule has 0 spiro atoms. The molecule has 0 aliphatic heterocycles. The highest BCUT2D eigenvalue weighted by molar-refractivity contribution is 9.11. The molecule has 16 heavy (non-hydrogen) atoms. The van der Waals surface area contributed by atoms with Gasteiger partial charge in [-0.15, -0.1) is 0 Å². The number of hydrogen-bond acceptors (Lipinski definition) is 3. The van der Waals surface area contributed by atoms with E-state index in [4.69, 9.17) is 0 Å². The molecule has 0 aliphatic rings. The quantitative estimate of drug-likeness (QED) is 0.878. The van der Waals surface area contributed by atoms with Crippen LogP contribution in [0.1, 0.15) is 10.5 Å². The topological polar surface area (TPSA) is 70.7 Å². The average molecular weight is 346 g/mol. The summed E-state index contributed by atoms with van der Waals surface area (Å²) in [4.78, 5) is 22.6. The van der Waals surface area contributed by atoms with Crippen LogP contribution in [0, 0.1) is 0 Å². The second-order valence-electron chi connectivity index (χ2n) is 2.87. The second-order valence-corrected chi connectivity index (χ2v) is 4.43. The molecule has 2 aromatic heterocycles. The predicted molar refractivity (Wildman–Crippen MR) is 66.2 cm³/mol. The van der Waals surface area contributed by atoms with Crippen LogP contribution in [0.25, 0.3) is 0 Å². The number of H-pyrrole nitrogens is 1. The van der Waals surface area contributed by atoms with Crippen LogP contribution in [0.15, 0.2) is 33.7 Å². The van der Waals surface area contributed by atoms with Crippen LogP contribution in [0.4, 0.5) is 5.82 Å². The van der Waals surface area contributed by atoms with Gasteiger partial charge in [0, 0.05) is 6.20 Å². The average Bonchev–Trinajstić information content (AvgIpc) is 2.75. The number of carbonyl (C=O) groups is 1. The fraction of sp³-hybridized carbons (Fsp3) is 0. The van der Waals surface area contributed by atoms with Crippen molar-refractivity contribution in [2.45, 2.75) is 0 Å². The van der Waals surface area contributed by atoms with Gasteiger partial charge in [-0.2, -0.15) is 0 Å². The van der Waals surface area contributed by atoms with Gasteiger partial charge in [-0.25, -0.2) is 9.97 Å². The lowest BCUT2D eigenvalue weighted by Crippen LogP contribution is -2.14. The summed E-state index contributed by atoms with van der Waals surface area (Å²) in [5.74, 6) is 0.116.